The molecule has 0 spiro atoms. The maximum absolute atomic E-state index is 11.0. The van der Waals surface area contributed by atoms with Crippen LogP contribution in [-0.2, 0) is 20.3 Å². The van der Waals surface area contributed by atoms with Crippen molar-refractivity contribution in [3.63, 3.8) is 0 Å². The van der Waals surface area contributed by atoms with E-state index in [0.29, 0.717) is 26.4 Å². The van der Waals surface area contributed by atoms with Crippen molar-refractivity contribution < 1.29 is 24.2 Å². The molecule has 2 aromatic carbocycles. The average Bonchev–Trinajstić information content (AvgIpc) is 2.56. The molecule has 2 aliphatic heterocycles. The Morgan fingerprint density at radius 1 is 0.654 bits per heavy atom. The van der Waals surface area contributed by atoms with Gasteiger partial charge in [0, 0.05) is 0 Å². The summed E-state index contributed by atoms with van der Waals surface area (Å²) in [5.74, 6) is 0. The molecule has 0 unspecified atom stereocenters. The molecule has 26 heavy (non-hydrogen) atoms. The van der Waals surface area contributed by atoms with E-state index in [1.807, 2.05) is 60.7 Å². The summed E-state index contributed by atoms with van der Waals surface area (Å²) in [6, 6.07) is 19.3. The van der Waals surface area contributed by atoms with Crippen LogP contribution in [0.4, 0.5) is 0 Å². The Kier molecular flexibility index (Phi) is 4.23. The summed E-state index contributed by atoms with van der Waals surface area (Å²) in [6.07, 6.45) is -0.172. The Bertz CT molecular complexity index is 698. The summed E-state index contributed by atoms with van der Waals surface area (Å²) in [6.45, 7) is 1.52. The van der Waals surface area contributed by atoms with Gasteiger partial charge < -0.3 is 0 Å². The van der Waals surface area contributed by atoms with E-state index < -0.39 is 18.1 Å². The molecule has 3 N–H and O–H groups in total. The fourth-order valence-corrected chi connectivity index (χ4v) is 7.60. The molecule has 0 bridgehead atoms. The molecule has 0 atom stereocenters. The quantitative estimate of drug-likeness (QED) is 0.674. The summed E-state index contributed by atoms with van der Waals surface area (Å²) in [5, 5.41) is 0. The number of hydrogen-bond donors (Lipinski definition) is 3. The van der Waals surface area contributed by atoms with E-state index in [1.165, 1.54) is 0 Å². The summed E-state index contributed by atoms with van der Waals surface area (Å²) in [7, 11) is -4.93. The van der Waals surface area contributed by atoms with Crippen molar-refractivity contribution in [2.75, 3.05) is 38.8 Å². The van der Waals surface area contributed by atoms with Gasteiger partial charge in [0.05, 0.1) is 0 Å². The first kappa shape index (κ1) is 18.1. The number of rotatable bonds is 6. The van der Waals surface area contributed by atoms with Crippen molar-refractivity contribution in [2.24, 2.45) is 0 Å². The van der Waals surface area contributed by atoms with Crippen molar-refractivity contribution >= 4 is 7.28 Å². The molecule has 0 radical (unpaired) electrons. The van der Waals surface area contributed by atoms with E-state index in [0.717, 1.165) is 11.1 Å². The van der Waals surface area contributed by atoms with E-state index in [1.54, 1.807) is 0 Å². The van der Waals surface area contributed by atoms with Gasteiger partial charge in [-0.25, -0.2) is 0 Å². The fraction of sp³-hybridized carbons (Fsp3) is 0.400. The molecule has 140 valence electrons. The van der Waals surface area contributed by atoms with Gasteiger partial charge in [-0.15, -0.1) is 0 Å². The monoisotopic (exact) mass is 376 g/mol. The van der Waals surface area contributed by atoms with E-state index >= 15 is 0 Å². The van der Waals surface area contributed by atoms with Crippen molar-refractivity contribution in [3.05, 3.63) is 71.8 Å². The number of ether oxygens (including phenoxy) is 2. The molecular weight excluding hydrogens is 351 g/mol. The maximum atomic E-state index is 11.0. The molecule has 0 aliphatic carbocycles. The predicted octanol–water partition coefficient (Wildman–Crippen LogP) is 2.20. The molecule has 0 aromatic heterocycles. The van der Waals surface area contributed by atoms with Gasteiger partial charge in [-0.1, -0.05) is 0 Å². The molecule has 2 saturated heterocycles. The van der Waals surface area contributed by atoms with Crippen LogP contribution in [0.5, 0.6) is 0 Å². The topological polar surface area (TPSA) is 79.2 Å². The molecule has 6 heteroatoms. The van der Waals surface area contributed by atoms with Gasteiger partial charge in [0.15, 0.2) is 0 Å². The molecule has 0 saturated carbocycles. The van der Waals surface area contributed by atoms with Crippen LogP contribution in [0.1, 0.15) is 11.1 Å². The van der Waals surface area contributed by atoms with Gasteiger partial charge in [-0.2, -0.15) is 0 Å². The minimum atomic E-state index is -4.93. The standard InChI is InChI=1S/C20H25O5P/c21-26(22,23,15-19(11-24-12-19)17-7-3-1-4-8-17)16-20(13-25-14-20)18-9-5-2-6-10-18/h1-10,21-23H,11-16H2. The summed E-state index contributed by atoms with van der Waals surface area (Å²) in [4.78, 5) is 33.1. The van der Waals surface area contributed by atoms with Gasteiger partial charge in [-0.3, -0.25) is 0 Å². The van der Waals surface area contributed by atoms with Gasteiger partial charge in [0.1, 0.15) is 0 Å². The van der Waals surface area contributed by atoms with Crippen LogP contribution in [0.15, 0.2) is 60.7 Å². The molecule has 4 rings (SSSR count). The van der Waals surface area contributed by atoms with Crippen LogP contribution in [0.3, 0.4) is 0 Å². The minimum absolute atomic E-state index is 0.0861. The SMILES string of the molecule is OP(O)(O)(CC1(c2ccccc2)COC1)CC1(c2ccccc2)COC1. The Labute approximate surface area is 153 Å². The van der Waals surface area contributed by atoms with Crippen LogP contribution in [0.25, 0.3) is 0 Å². The van der Waals surface area contributed by atoms with Gasteiger partial charge in [0.2, 0.25) is 0 Å². The van der Waals surface area contributed by atoms with Crippen molar-refractivity contribution in [3.8, 4) is 0 Å². The third kappa shape index (κ3) is 3.31. The third-order valence-corrected chi connectivity index (χ3v) is 8.05. The van der Waals surface area contributed by atoms with E-state index in [2.05, 4.69) is 0 Å². The zero-order chi connectivity index (χ0) is 18.3. The van der Waals surface area contributed by atoms with Gasteiger partial charge >= 0.3 is 153 Å². The van der Waals surface area contributed by atoms with E-state index in [9.17, 15) is 14.7 Å². The average molecular weight is 376 g/mol. The van der Waals surface area contributed by atoms with Crippen molar-refractivity contribution in [1.29, 1.82) is 0 Å². The first-order chi connectivity index (χ1) is 12.3. The molecule has 2 fully saturated rings. The van der Waals surface area contributed by atoms with Crippen molar-refractivity contribution in [1.82, 2.24) is 0 Å². The third-order valence-electron chi connectivity index (χ3n) is 5.54. The predicted molar refractivity (Wildman–Crippen MR) is 101 cm³/mol. The molecule has 2 aliphatic rings. The first-order valence-electron chi connectivity index (χ1n) is 8.83. The fourth-order valence-electron chi connectivity index (χ4n) is 4.27. The zero-order valence-corrected chi connectivity index (χ0v) is 15.5. The second-order valence-electron chi connectivity index (χ2n) is 7.94. The van der Waals surface area contributed by atoms with Crippen LogP contribution in [0.2, 0.25) is 0 Å². The van der Waals surface area contributed by atoms with Crippen LogP contribution < -0.4 is 0 Å². The van der Waals surface area contributed by atoms with E-state index in [-0.39, 0.29) is 12.3 Å². The second-order valence-corrected chi connectivity index (χ2v) is 11.2. The van der Waals surface area contributed by atoms with E-state index in [4.69, 9.17) is 9.47 Å². The first-order valence-corrected chi connectivity index (χ1v) is 11.3. The molecule has 5 nitrogen and oxygen atoms in total. The summed E-state index contributed by atoms with van der Waals surface area (Å²) < 4.78 is 10.8. The van der Waals surface area contributed by atoms with Crippen molar-refractivity contribution in [2.45, 2.75) is 10.8 Å². The number of hydrogen-bond acceptors (Lipinski definition) is 5. The zero-order valence-electron chi connectivity index (χ0n) is 14.6. The molecule has 2 aromatic rings. The van der Waals surface area contributed by atoms with Crippen LogP contribution in [-0.4, -0.2) is 53.4 Å². The van der Waals surface area contributed by atoms with Crippen LogP contribution in [0, 0.1) is 0 Å². The number of benzene rings is 2. The summed E-state index contributed by atoms with van der Waals surface area (Å²) in [5.41, 5.74) is 0.826. The Morgan fingerprint density at radius 2 is 1.00 bits per heavy atom. The molecular formula is C20H25O5P. The molecule has 2 heterocycles. The van der Waals surface area contributed by atoms with Crippen LogP contribution >= 0.6 is 7.28 Å². The Balaban J connectivity index is 1.62. The molecule has 0 amide bonds. The Morgan fingerprint density at radius 3 is 1.27 bits per heavy atom. The Hall–Kier alpha value is -1.33. The van der Waals surface area contributed by atoms with Gasteiger partial charge in [-0.05, 0) is 0 Å². The van der Waals surface area contributed by atoms with Gasteiger partial charge in [0.25, 0.3) is 0 Å². The summed E-state index contributed by atoms with van der Waals surface area (Å²) >= 11 is 0. The second kappa shape index (κ2) is 6.10. The normalized spacial score (nSPS) is 22.5.